The summed E-state index contributed by atoms with van der Waals surface area (Å²) in [7, 11) is 1.23. The molecule has 1 unspecified atom stereocenters. The highest BCUT2D eigenvalue weighted by Crippen LogP contribution is 2.01. The number of hydrogen-bond acceptors (Lipinski definition) is 5. The minimum Gasteiger partial charge on any atom is -0.469 e. The third-order valence-electron chi connectivity index (χ3n) is 2.34. The summed E-state index contributed by atoms with van der Waals surface area (Å²) in [5, 5.41) is 2.48. The SMILES string of the molecule is COC(=O)CC(NC(=O)c1ccncc1)C(C)=O. The van der Waals surface area contributed by atoms with E-state index in [-0.39, 0.29) is 12.2 Å². The van der Waals surface area contributed by atoms with Crippen LogP contribution in [0.25, 0.3) is 0 Å². The highest BCUT2D eigenvalue weighted by Gasteiger charge is 2.21. The van der Waals surface area contributed by atoms with Crippen LogP contribution in [0.3, 0.4) is 0 Å². The zero-order valence-corrected chi connectivity index (χ0v) is 10.2. The van der Waals surface area contributed by atoms with Gasteiger partial charge in [0.25, 0.3) is 5.91 Å². The number of ketones is 1. The topological polar surface area (TPSA) is 85.4 Å². The van der Waals surface area contributed by atoms with Crippen molar-refractivity contribution in [1.82, 2.24) is 10.3 Å². The molecule has 6 nitrogen and oxygen atoms in total. The van der Waals surface area contributed by atoms with Crippen molar-refractivity contribution in [1.29, 1.82) is 0 Å². The molecule has 1 amide bonds. The molecule has 6 heteroatoms. The van der Waals surface area contributed by atoms with Gasteiger partial charge in [0.1, 0.15) is 0 Å². The summed E-state index contributed by atoms with van der Waals surface area (Å²) in [5.74, 6) is -1.28. The van der Waals surface area contributed by atoms with E-state index in [0.717, 1.165) is 0 Å². The number of carbonyl (C=O) groups excluding carboxylic acids is 3. The van der Waals surface area contributed by atoms with Gasteiger partial charge in [0.05, 0.1) is 19.6 Å². The first-order valence-electron chi connectivity index (χ1n) is 5.32. The van der Waals surface area contributed by atoms with Crippen LogP contribution in [0, 0.1) is 0 Å². The molecule has 0 aliphatic carbocycles. The zero-order chi connectivity index (χ0) is 13.5. The molecule has 0 radical (unpaired) electrons. The Morgan fingerprint density at radius 2 is 1.94 bits per heavy atom. The van der Waals surface area contributed by atoms with Crippen molar-refractivity contribution in [2.75, 3.05) is 7.11 Å². The van der Waals surface area contributed by atoms with Crippen LogP contribution < -0.4 is 5.32 Å². The van der Waals surface area contributed by atoms with Crippen LogP contribution in [-0.4, -0.2) is 35.8 Å². The first kappa shape index (κ1) is 13.8. The number of nitrogens with zero attached hydrogens (tertiary/aromatic N) is 1. The van der Waals surface area contributed by atoms with Crippen molar-refractivity contribution < 1.29 is 19.1 Å². The van der Waals surface area contributed by atoms with Crippen LogP contribution in [0.4, 0.5) is 0 Å². The summed E-state index contributed by atoms with van der Waals surface area (Å²) < 4.78 is 4.47. The first-order chi connectivity index (χ1) is 8.54. The number of carbonyl (C=O) groups is 3. The Bertz CT molecular complexity index is 445. The summed E-state index contributed by atoms with van der Waals surface area (Å²) in [6, 6.07) is 2.16. The summed E-state index contributed by atoms with van der Waals surface area (Å²) >= 11 is 0. The molecule has 0 spiro atoms. The van der Waals surface area contributed by atoms with E-state index in [4.69, 9.17) is 0 Å². The lowest BCUT2D eigenvalue weighted by Crippen LogP contribution is -2.41. The predicted octanol–water partition coefficient (Wildman–Crippen LogP) is 0.332. The van der Waals surface area contributed by atoms with Gasteiger partial charge in [0.2, 0.25) is 0 Å². The van der Waals surface area contributed by atoms with Gasteiger partial charge in [0.15, 0.2) is 5.78 Å². The first-order valence-corrected chi connectivity index (χ1v) is 5.32. The van der Waals surface area contributed by atoms with Gasteiger partial charge < -0.3 is 10.1 Å². The number of esters is 1. The highest BCUT2D eigenvalue weighted by molar-refractivity contribution is 5.98. The molecule has 0 aliphatic heterocycles. The van der Waals surface area contributed by atoms with E-state index in [1.165, 1.54) is 38.6 Å². The third kappa shape index (κ3) is 3.97. The maximum Gasteiger partial charge on any atom is 0.308 e. The second-order valence-corrected chi connectivity index (χ2v) is 3.65. The molecule has 1 aromatic heterocycles. The lowest BCUT2D eigenvalue weighted by atomic mass is 10.1. The minimum atomic E-state index is -0.877. The molecule has 0 aliphatic rings. The van der Waals surface area contributed by atoms with E-state index in [0.29, 0.717) is 5.56 Å². The van der Waals surface area contributed by atoms with Gasteiger partial charge in [-0.2, -0.15) is 0 Å². The van der Waals surface area contributed by atoms with Crippen molar-refractivity contribution in [3.63, 3.8) is 0 Å². The molecule has 0 saturated heterocycles. The van der Waals surface area contributed by atoms with Gasteiger partial charge in [-0.05, 0) is 19.1 Å². The Morgan fingerprint density at radius 1 is 1.33 bits per heavy atom. The number of hydrogen-bond donors (Lipinski definition) is 1. The van der Waals surface area contributed by atoms with Crippen LogP contribution in [0.2, 0.25) is 0 Å². The Morgan fingerprint density at radius 3 is 2.44 bits per heavy atom. The molecule has 96 valence electrons. The number of ether oxygens (including phenoxy) is 1. The number of nitrogens with one attached hydrogen (secondary N) is 1. The monoisotopic (exact) mass is 250 g/mol. The average molecular weight is 250 g/mol. The fraction of sp³-hybridized carbons (Fsp3) is 0.333. The second-order valence-electron chi connectivity index (χ2n) is 3.65. The molecule has 0 saturated carbocycles. The number of Topliss-reactive ketones (excluding diaryl/α,β-unsaturated/α-hetero) is 1. The van der Waals surface area contributed by atoms with E-state index in [9.17, 15) is 14.4 Å². The Labute approximate surface area is 104 Å². The van der Waals surface area contributed by atoms with Crippen molar-refractivity contribution in [2.45, 2.75) is 19.4 Å². The normalized spacial score (nSPS) is 11.4. The molecule has 18 heavy (non-hydrogen) atoms. The lowest BCUT2D eigenvalue weighted by molar-refractivity contribution is -0.142. The number of pyridine rings is 1. The van der Waals surface area contributed by atoms with Crippen LogP contribution in [0.5, 0.6) is 0 Å². The maximum absolute atomic E-state index is 11.8. The molecule has 1 heterocycles. The van der Waals surface area contributed by atoms with Gasteiger partial charge >= 0.3 is 5.97 Å². The maximum atomic E-state index is 11.8. The molecule has 0 aromatic carbocycles. The van der Waals surface area contributed by atoms with Gasteiger partial charge in [0, 0.05) is 18.0 Å². The van der Waals surface area contributed by atoms with Gasteiger partial charge in [-0.1, -0.05) is 0 Å². The Hall–Kier alpha value is -2.24. The van der Waals surface area contributed by atoms with Gasteiger partial charge in [-0.3, -0.25) is 19.4 Å². The standard InChI is InChI=1S/C12H14N2O4/c1-8(15)10(7-11(16)18-2)14-12(17)9-3-5-13-6-4-9/h3-6,10H,7H2,1-2H3,(H,14,17). The molecule has 0 bridgehead atoms. The number of aromatic nitrogens is 1. The molecular formula is C12H14N2O4. The fourth-order valence-electron chi connectivity index (χ4n) is 1.29. The van der Waals surface area contributed by atoms with Crippen molar-refractivity contribution in [3.8, 4) is 0 Å². The smallest absolute Gasteiger partial charge is 0.308 e. The predicted molar refractivity (Wildman–Crippen MR) is 62.8 cm³/mol. The summed E-state index contributed by atoms with van der Waals surface area (Å²) in [5.41, 5.74) is 0.376. The van der Waals surface area contributed by atoms with E-state index in [1.807, 2.05) is 0 Å². The fourth-order valence-corrected chi connectivity index (χ4v) is 1.29. The zero-order valence-electron chi connectivity index (χ0n) is 10.2. The average Bonchev–Trinajstić information content (AvgIpc) is 2.38. The van der Waals surface area contributed by atoms with Crippen LogP contribution >= 0.6 is 0 Å². The van der Waals surface area contributed by atoms with Crippen LogP contribution in [0.15, 0.2) is 24.5 Å². The third-order valence-corrected chi connectivity index (χ3v) is 2.34. The van der Waals surface area contributed by atoms with Crippen molar-refractivity contribution >= 4 is 17.7 Å². The van der Waals surface area contributed by atoms with E-state index in [2.05, 4.69) is 15.0 Å². The number of methoxy groups -OCH3 is 1. The van der Waals surface area contributed by atoms with E-state index in [1.54, 1.807) is 0 Å². The van der Waals surface area contributed by atoms with E-state index >= 15 is 0 Å². The molecule has 1 N–H and O–H groups in total. The van der Waals surface area contributed by atoms with Gasteiger partial charge in [-0.15, -0.1) is 0 Å². The highest BCUT2D eigenvalue weighted by atomic mass is 16.5. The molecule has 1 aromatic rings. The van der Waals surface area contributed by atoms with Crippen LogP contribution in [0.1, 0.15) is 23.7 Å². The van der Waals surface area contributed by atoms with Crippen molar-refractivity contribution in [2.24, 2.45) is 0 Å². The summed E-state index contributed by atoms with van der Waals surface area (Å²) in [6.45, 7) is 1.31. The molecule has 1 rings (SSSR count). The lowest BCUT2D eigenvalue weighted by Gasteiger charge is -2.14. The summed E-state index contributed by atoms with van der Waals surface area (Å²) in [6.07, 6.45) is 2.76. The molecule has 0 fully saturated rings. The van der Waals surface area contributed by atoms with E-state index < -0.39 is 17.9 Å². The largest absolute Gasteiger partial charge is 0.469 e. The van der Waals surface area contributed by atoms with Crippen molar-refractivity contribution in [3.05, 3.63) is 30.1 Å². The van der Waals surface area contributed by atoms with Crippen LogP contribution in [-0.2, 0) is 14.3 Å². The summed E-state index contributed by atoms with van der Waals surface area (Å²) in [4.78, 5) is 38.0. The quantitative estimate of drug-likeness (QED) is 0.761. The second kappa shape index (κ2) is 6.48. The minimum absolute atomic E-state index is 0.178. The number of rotatable bonds is 5. The van der Waals surface area contributed by atoms with Gasteiger partial charge in [-0.25, -0.2) is 0 Å². The number of amides is 1. The Balaban J connectivity index is 2.70. The molecule has 1 atom stereocenters. The molecular weight excluding hydrogens is 236 g/mol. The Kier molecular flexibility index (Phi) is 4.98.